The molecule has 8 nitrogen and oxygen atoms in total. The number of carbonyl (C=O) groups excluding carboxylic acids is 2. The van der Waals surface area contributed by atoms with Crippen LogP contribution in [0.2, 0.25) is 0 Å². The van der Waals surface area contributed by atoms with Crippen molar-refractivity contribution in [2.75, 3.05) is 36.9 Å². The number of fused-ring (bicyclic) bond motifs is 1. The molecule has 30 heavy (non-hydrogen) atoms. The molecule has 0 aliphatic carbocycles. The molecule has 0 unspecified atom stereocenters. The van der Waals surface area contributed by atoms with E-state index in [2.05, 4.69) is 20.6 Å². The third kappa shape index (κ3) is 4.23. The number of ether oxygens (including phenoxy) is 1. The van der Waals surface area contributed by atoms with Gasteiger partial charge in [-0.3, -0.25) is 9.59 Å². The van der Waals surface area contributed by atoms with Gasteiger partial charge in [0, 0.05) is 48.7 Å². The number of nitrogens with zero attached hydrogens (tertiary/aromatic N) is 3. The van der Waals surface area contributed by atoms with E-state index in [-0.39, 0.29) is 11.8 Å². The Bertz CT molecular complexity index is 1090. The molecule has 1 saturated heterocycles. The Morgan fingerprint density at radius 2 is 1.73 bits per heavy atom. The van der Waals surface area contributed by atoms with Crippen molar-refractivity contribution in [3.05, 3.63) is 53.9 Å². The lowest BCUT2D eigenvalue weighted by Gasteiger charge is -2.27. The minimum atomic E-state index is -0.129. The Hall–Kier alpha value is -3.52. The standard InChI is InChI=1S/C22H23N5O3/c1-14-3-8-18-20(26-17-6-4-16(5-7-17)25-15(2)28)19(13-23-21(18)24-14)22(29)27-9-11-30-12-10-27/h3-8,13H,9-12H2,1-2H3,(H,25,28)(H,23,24,26). The van der Waals surface area contributed by atoms with Crippen LogP contribution in [0, 0.1) is 6.92 Å². The number of hydrogen-bond acceptors (Lipinski definition) is 6. The van der Waals surface area contributed by atoms with Crippen LogP contribution in [0.4, 0.5) is 17.1 Å². The molecular weight excluding hydrogens is 382 g/mol. The monoisotopic (exact) mass is 405 g/mol. The Balaban J connectivity index is 1.73. The smallest absolute Gasteiger partial charge is 0.257 e. The Morgan fingerprint density at radius 1 is 1.03 bits per heavy atom. The number of rotatable bonds is 4. The first kappa shape index (κ1) is 19.8. The summed E-state index contributed by atoms with van der Waals surface area (Å²) in [4.78, 5) is 35.2. The van der Waals surface area contributed by atoms with Crippen molar-refractivity contribution < 1.29 is 14.3 Å². The molecule has 3 aromatic rings. The summed E-state index contributed by atoms with van der Waals surface area (Å²) < 4.78 is 5.37. The highest BCUT2D eigenvalue weighted by Crippen LogP contribution is 2.30. The first-order chi connectivity index (χ1) is 14.5. The summed E-state index contributed by atoms with van der Waals surface area (Å²) in [6.07, 6.45) is 1.58. The molecule has 2 N–H and O–H groups in total. The molecule has 154 valence electrons. The lowest BCUT2D eigenvalue weighted by atomic mass is 10.1. The predicted octanol–water partition coefficient (Wildman–Crippen LogP) is 3.11. The number of morpholine rings is 1. The highest BCUT2D eigenvalue weighted by Gasteiger charge is 2.23. The molecule has 0 bridgehead atoms. The molecular formula is C22H23N5O3. The van der Waals surface area contributed by atoms with Crippen LogP contribution in [-0.4, -0.2) is 53.0 Å². The van der Waals surface area contributed by atoms with E-state index in [0.29, 0.717) is 48.9 Å². The second-order valence-electron chi connectivity index (χ2n) is 7.16. The van der Waals surface area contributed by atoms with E-state index in [9.17, 15) is 9.59 Å². The van der Waals surface area contributed by atoms with Crippen molar-refractivity contribution in [1.29, 1.82) is 0 Å². The normalized spacial score (nSPS) is 13.9. The summed E-state index contributed by atoms with van der Waals surface area (Å²) in [5.74, 6) is -0.221. The van der Waals surface area contributed by atoms with Crippen LogP contribution in [-0.2, 0) is 9.53 Å². The number of nitrogens with one attached hydrogen (secondary N) is 2. The quantitative estimate of drug-likeness (QED) is 0.692. The number of aryl methyl sites for hydroxylation is 1. The van der Waals surface area contributed by atoms with Crippen LogP contribution in [0.15, 0.2) is 42.6 Å². The Labute approximate surface area is 174 Å². The Kier molecular flexibility index (Phi) is 5.58. The fourth-order valence-electron chi connectivity index (χ4n) is 3.39. The molecule has 4 rings (SSSR count). The van der Waals surface area contributed by atoms with E-state index in [4.69, 9.17) is 4.74 Å². The van der Waals surface area contributed by atoms with Gasteiger partial charge in [0.25, 0.3) is 5.91 Å². The number of benzene rings is 1. The van der Waals surface area contributed by atoms with E-state index in [0.717, 1.165) is 16.8 Å². The van der Waals surface area contributed by atoms with Crippen molar-refractivity contribution >= 4 is 39.9 Å². The van der Waals surface area contributed by atoms with Crippen LogP contribution in [0.3, 0.4) is 0 Å². The fourth-order valence-corrected chi connectivity index (χ4v) is 3.39. The number of anilines is 3. The first-order valence-electron chi connectivity index (χ1n) is 9.79. The summed E-state index contributed by atoms with van der Waals surface area (Å²) in [6, 6.07) is 11.1. The summed E-state index contributed by atoms with van der Waals surface area (Å²) in [5.41, 5.74) is 4.07. The molecule has 0 atom stereocenters. The molecule has 0 saturated carbocycles. The van der Waals surface area contributed by atoms with Crippen LogP contribution < -0.4 is 10.6 Å². The number of carbonyl (C=O) groups is 2. The van der Waals surface area contributed by atoms with Gasteiger partial charge in [-0.2, -0.15) is 0 Å². The van der Waals surface area contributed by atoms with Crippen molar-refractivity contribution in [2.24, 2.45) is 0 Å². The van der Waals surface area contributed by atoms with E-state index < -0.39 is 0 Å². The molecule has 2 amide bonds. The average molecular weight is 405 g/mol. The van der Waals surface area contributed by atoms with Gasteiger partial charge >= 0.3 is 0 Å². The molecule has 1 aliphatic heterocycles. The highest BCUT2D eigenvalue weighted by atomic mass is 16.5. The van der Waals surface area contributed by atoms with Gasteiger partial charge in [-0.25, -0.2) is 9.97 Å². The Morgan fingerprint density at radius 3 is 2.43 bits per heavy atom. The zero-order valence-electron chi connectivity index (χ0n) is 16.9. The lowest BCUT2D eigenvalue weighted by molar-refractivity contribution is -0.114. The summed E-state index contributed by atoms with van der Waals surface area (Å²) in [7, 11) is 0. The van der Waals surface area contributed by atoms with E-state index in [1.165, 1.54) is 6.92 Å². The van der Waals surface area contributed by atoms with Gasteiger partial charge in [0.15, 0.2) is 5.65 Å². The van der Waals surface area contributed by atoms with Crippen molar-refractivity contribution in [1.82, 2.24) is 14.9 Å². The van der Waals surface area contributed by atoms with Gasteiger partial charge in [-0.05, 0) is 43.3 Å². The number of aromatic nitrogens is 2. The van der Waals surface area contributed by atoms with E-state index in [1.54, 1.807) is 23.2 Å². The van der Waals surface area contributed by atoms with E-state index in [1.807, 2.05) is 31.2 Å². The number of pyridine rings is 2. The van der Waals surface area contributed by atoms with Gasteiger partial charge in [0.2, 0.25) is 5.91 Å². The maximum atomic E-state index is 13.2. The molecule has 1 aromatic carbocycles. The maximum Gasteiger partial charge on any atom is 0.257 e. The zero-order valence-corrected chi connectivity index (χ0v) is 16.9. The second-order valence-corrected chi connectivity index (χ2v) is 7.16. The number of amides is 2. The zero-order chi connectivity index (χ0) is 21.1. The van der Waals surface area contributed by atoms with E-state index >= 15 is 0 Å². The maximum absolute atomic E-state index is 13.2. The molecule has 0 spiro atoms. The minimum absolute atomic E-state index is 0.0920. The first-order valence-corrected chi connectivity index (χ1v) is 9.79. The van der Waals surface area contributed by atoms with Gasteiger partial charge in [-0.15, -0.1) is 0 Å². The molecule has 0 radical (unpaired) electrons. The third-order valence-corrected chi connectivity index (χ3v) is 4.87. The topological polar surface area (TPSA) is 96.5 Å². The van der Waals surface area contributed by atoms with Crippen LogP contribution >= 0.6 is 0 Å². The molecule has 1 aliphatic rings. The summed E-state index contributed by atoms with van der Waals surface area (Å²) in [6.45, 7) is 5.53. The molecule has 2 aromatic heterocycles. The van der Waals surface area contributed by atoms with Gasteiger partial charge in [0.1, 0.15) is 0 Å². The van der Waals surface area contributed by atoms with Crippen molar-refractivity contribution in [3.8, 4) is 0 Å². The van der Waals surface area contributed by atoms with Crippen LogP contribution in [0.1, 0.15) is 23.0 Å². The van der Waals surface area contributed by atoms with Gasteiger partial charge < -0.3 is 20.3 Å². The molecule has 1 fully saturated rings. The van der Waals surface area contributed by atoms with Crippen molar-refractivity contribution in [2.45, 2.75) is 13.8 Å². The second kappa shape index (κ2) is 8.46. The molecule has 8 heteroatoms. The minimum Gasteiger partial charge on any atom is -0.378 e. The summed E-state index contributed by atoms with van der Waals surface area (Å²) in [5, 5.41) is 6.88. The fraction of sp³-hybridized carbons (Fsp3) is 0.273. The lowest BCUT2D eigenvalue weighted by Crippen LogP contribution is -2.41. The predicted molar refractivity (Wildman–Crippen MR) is 115 cm³/mol. The third-order valence-electron chi connectivity index (χ3n) is 4.87. The van der Waals surface area contributed by atoms with Crippen LogP contribution in [0.5, 0.6) is 0 Å². The summed E-state index contributed by atoms with van der Waals surface area (Å²) >= 11 is 0. The van der Waals surface area contributed by atoms with Gasteiger partial charge in [-0.1, -0.05) is 0 Å². The SMILES string of the molecule is CC(=O)Nc1ccc(Nc2c(C(=O)N3CCOCC3)cnc3nc(C)ccc23)cc1. The van der Waals surface area contributed by atoms with Gasteiger partial charge in [0.05, 0.1) is 24.5 Å². The molecule has 3 heterocycles. The number of hydrogen-bond donors (Lipinski definition) is 2. The van der Waals surface area contributed by atoms with Crippen molar-refractivity contribution in [3.63, 3.8) is 0 Å². The largest absolute Gasteiger partial charge is 0.378 e. The van der Waals surface area contributed by atoms with Crippen LogP contribution in [0.25, 0.3) is 11.0 Å². The highest BCUT2D eigenvalue weighted by molar-refractivity contribution is 6.07. The average Bonchev–Trinajstić information content (AvgIpc) is 2.75.